The molecular weight excluding hydrogens is 447 g/mol. The molecule has 0 bridgehead atoms. The van der Waals surface area contributed by atoms with Crippen molar-refractivity contribution in [3.8, 4) is 0 Å². The lowest BCUT2D eigenvalue weighted by Gasteiger charge is -2.38. The Hall–Kier alpha value is -2.04. The third-order valence-electron chi connectivity index (χ3n) is 7.04. The molecule has 1 aliphatic carbocycles. The van der Waals surface area contributed by atoms with Gasteiger partial charge in [-0.1, -0.05) is 19.3 Å². The Balaban J connectivity index is 1.22. The largest absolute Gasteiger partial charge is 0.340 e. The number of sulfonamides is 1. The minimum atomic E-state index is -3.70. The minimum Gasteiger partial charge on any atom is -0.340 e. The molecule has 2 heterocycles. The number of hydrogen-bond donors (Lipinski definition) is 0. The third kappa shape index (κ3) is 5.73. The summed E-state index contributed by atoms with van der Waals surface area (Å²) in [5.41, 5.74) is 0. The third-order valence-corrected chi connectivity index (χ3v) is 8.95. The van der Waals surface area contributed by atoms with Crippen LogP contribution in [0.2, 0.25) is 0 Å². The van der Waals surface area contributed by atoms with Crippen LogP contribution in [-0.4, -0.2) is 98.1 Å². The van der Waals surface area contributed by atoms with E-state index in [1.54, 1.807) is 4.90 Å². The first-order valence-corrected chi connectivity index (χ1v) is 13.3. The summed E-state index contributed by atoms with van der Waals surface area (Å²) in [4.78, 5) is 31.3. The van der Waals surface area contributed by atoms with E-state index in [0.717, 1.165) is 37.8 Å². The predicted octanol–water partition coefficient (Wildman–Crippen LogP) is 1.38. The minimum absolute atomic E-state index is 0.0131. The van der Waals surface area contributed by atoms with Gasteiger partial charge >= 0.3 is 0 Å². The van der Waals surface area contributed by atoms with Crippen LogP contribution < -0.4 is 0 Å². The van der Waals surface area contributed by atoms with Crippen molar-refractivity contribution in [2.75, 3.05) is 58.9 Å². The van der Waals surface area contributed by atoms with Crippen molar-refractivity contribution in [1.29, 1.82) is 0 Å². The van der Waals surface area contributed by atoms with Crippen molar-refractivity contribution in [3.05, 3.63) is 30.1 Å². The fourth-order valence-electron chi connectivity index (χ4n) is 4.96. The van der Waals surface area contributed by atoms with Gasteiger partial charge in [0.1, 0.15) is 5.82 Å². The summed E-state index contributed by atoms with van der Waals surface area (Å²) in [5, 5.41) is 0. The van der Waals surface area contributed by atoms with Crippen LogP contribution in [0.3, 0.4) is 0 Å². The van der Waals surface area contributed by atoms with Gasteiger partial charge < -0.3 is 9.80 Å². The molecule has 2 amide bonds. The summed E-state index contributed by atoms with van der Waals surface area (Å²) in [5.74, 6) is -0.0435. The zero-order valence-corrected chi connectivity index (χ0v) is 19.8. The monoisotopic (exact) mass is 480 g/mol. The second kappa shape index (κ2) is 10.5. The molecule has 182 valence electrons. The summed E-state index contributed by atoms with van der Waals surface area (Å²) < 4.78 is 40.0. The molecular formula is C23H33FN4O4S. The normalized spacial score (nSPS) is 21.8. The smallest absolute Gasteiger partial charge is 0.243 e. The molecule has 2 aliphatic heterocycles. The van der Waals surface area contributed by atoms with E-state index in [0.29, 0.717) is 39.3 Å². The van der Waals surface area contributed by atoms with Crippen molar-refractivity contribution < 1.29 is 22.4 Å². The molecule has 33 heavy (non-hydrogen) atoms. The molecule has 4 rings (SSSR count). The van der Waals surface area contributed by atoms with Crippen molar-refractivity contribution in [3.63, 3.8) is 0 Å². The quantitative estimate of drug-likeness (QED) is 0.636. The lowest BCUT2D eigenvalue weighted by atomic mass is 9.88. The molecule has 3 fully saturated rings. The van der Waals surface area contributed by atoms with Gasteiger partial charge in [0.05, 0.1) is 11.4 Å². The zero-order chi connectivity index (χ0) is 23.4. The van der Waals surface area contributed by atoms with E-state index in [4.69, 9.17) is 0 Å². The summed E-state index contributed by atoms with van der Waals surface area (Å²) in [6.45, 7) is 4.07. The van der Waals surface area contributed by atoms with Crippen LogP contribution in [0.25, 0.3) is 0 Å². The Morgan fingerprint density at radius 1 is 0.818 bits per heavy atom. The molecule has 1 aromatic carbocycles. The number of piperazine rings is 2. The van der Waals surface area contributed by atoms with Crippen molar-refractivity contribution in [1.82, 2.24) is 19.0 Å². The number of amides is 2. The van der Waals surface area contributed by atoms with Gasteiger partial charge in [0.2, 0.25) is 21.8 Å². The molecule has 0 unspecified atom stereocenters. The Kier molecular flexibility index (Phi) is 7.65. The molecule has 3 aliphatic rings. The van der Waals surface area contributed by atoms with E-state index < -0.39 is 15.8 Å². The maximum Gasteiger partial charge on any atom is 0.243 e. The fraction of sp³-hybridized carbons (Fsp3) is 0.652. The second-order valence-electron chi connectivity index (χ2n) is 9.18. The average molecular weight is 481 g/mol. The number of rotatable bonds is 5. The average Bonchev–Trinajstić information content (AvgIpc) is 2.85. The summed E-state index contributed by atoms with van der Waals surface area (Å²) >= 11 is 0. The van der Waals surface area contributed by atoms with Crippen LogP contribution in [0.15, 0.2) is 29.2 Å². The highest BCUT2D eigenvalue weighted by Gasteiger charge is 2.32. The van der Waals surface area contributed by atoms with Gasteiger partial charge in [-0.3, -0.25) is 14.5 Å². The highest BCUT2D eigenvalue weighted by atomic mass is 32.2. The van der Waals surface area contributed by atoms with Crippen molar-refractivity contribution >= 4 is 21.8 Å². The highest BCUT2D eigenvalue weighted by molar-refractivity contribution is 7.89. The summed E-state index contributed by atoms with van der Waals surface area (Å²) in [7, 11) is -3.70. The molecule has 1 saturated carbocycles. The number of halogens is 1. The number of nitrogens with zero attached hydrogens (tertiary/aromatic N) is 4. The summed E-state index contributed by atoms with van der Waals surface area (Å²) in [6, 6.07) is 4.80. The maximum absolute atomic E-state index is 13.1. The molecule has 0 aromatic heterocycles. The van der Waals surface area contributed by atoms with E-state index in [1.165, 1.54) is 22.9 Å². The predicted molar refractivity (Wildman–Crippen MR) is 121 cm³/mol. The van der Waals surface area contributed by atoms with E-state index in [2.05, 4.69) is 4.90 Å². The van der Waals surface area contributed by atoms with Gasteiger partial charge in [-0.05, 0) is 37.1 Å². The Labute approximate surface area is 195 Å². The Morgan fingerprint density at radius 2 is 1.39 bits per heavy atom. The Morgan fingerprint density at radius 3 is 2.00 bits per heavy atom. The van der Waals surface area contributed by atoms with Gasteiger partial charge in [-0.25, -0.2) is 12.8 Å². The molecule has 0 atom stereocenters. The topological polar surface area (TPSA) is 81.2 Å². The second-order valence-corrected chi connectivity index (χ2v) is 11.1. The number of carbonyl (C=O) groups is 2. The van der Waals surface area contributed by atoms with Crippen LogP contribution in [0.5, 0.6) is 0 Å². The summed E-state index contributed by atoms with van der Waals surface area (Å²) in [6.07, 6.45) is 5.51. The zero-order valence-electron chi connectivity index (χ0n) is 19.0. The number of benzene rings is 1. The highest BCUT2D eigenvalue weighted by Crippen LogP contribution is 2.26. The van der Waals surface area contributed by atoms with E-state index in [1.807, 2.05) is 4.90 Å². The van der Waals surface area contributed by atoms with Gasteiger partial charge in [0, 0.05) is 58.3 Å². The SMILES string of the molecule is O=C(CN1CCN(C(=O)C2CCCCC2)CC1)N1CCN(S(=O)(=O)c2ccc(F)cc2)CC1. The molecule has 0 radical (unpaired) electrons. The molecule has 2 saturated heterocycles. The molecule has 0 N–H and O–H groups in total. The van der Waals surface area contributed by atoms with Crippen LogP contribution in [0.1, 0.15) is 32.1 Å². The van der Waals surface area contributed by atoms with Gasteiger partial charge in [-0.15, -0.1) is 0 Å². The van der Waals surface area contributed by atoms with E-state index >= 15 is 0 Å². The van der Waals surface area contributed by atoms with E-state index in [9.17, 15) is 22.4 Å². The Bertz CT molecular complexity index is 934. The first-order chi connectivity index (χ1) is 15.8. The van der Waals surface area contributed by atoms with E-state index in [-0.39, 0.29) is 42.3 Å². The van der Waals surface area contributed by atoms with Crippen molar-refractivity contribution in [2.24, 2.45) is 5.92 Å². The lowest BCUT2D eigenvalue weighted by Crippen LogP contribution is -2.55. The van der Waals surface area contributed by atoms with Gasteiger partial charge in [-0.2, -0.15) is 4.31 Å². The molecule has 0 spiro atoms. The van der Waals surface area contributed by atoms with Gasteiger partial charge in [0.25, 0.3) is 0 Å². The molecule has 1 aromatic rings. The first kappa shape index (κ1) is 24.1. The van der Waals surface area contributed by atoms with Gasteiger partial charge in [0.15, 0.2) is 0 Å². The van der Waals surface area contributed by atoms with Crippen molar-refractivity contribution in [2.45, 2.75) is 37.0 Å². The maximum atomic E-state index is 13.1. The number of carbonyl (C=O) groups excluding carboxylic acids is 2. The standard InChI is InChI=1S/C23H33FN4O4S/c24-20-6-8-21(9-7-20)33(31,32)28-16-14-26(15-17-28)22(29)18-25-10-12-27(13-11-25)23(30)19-4-2-1-3-5-19/h6-9,19H,1-5,10-18H2. The number of hydrogen-bond acceptors (Lipinski definition) is 5. The van der Waals surface area contributed by atoms with Crippen LogP contribution >= 0.6 is 0 Å². The molecule has 10 heteroatoms. The van der Waals surface area contributed by atoms with Crippen LogP contribution in [0, 0.1) is 11.7 Å². The van der Waals surface area contributed by atoms with Crippen LogP contribution in [0.4, 0.5) is 4.39 Å². The molecule has 8 nitrogen and oxygen atoms in total. The van der Waals surface area contributed by atoms with Crippen LogP contribution in [-0.2, 0) is 19.6 Å². The fourth-order valence-corrected chi connectivity index (χ4v) is 6.38. The lowest BCUT2D eigenvalue weighted by molar-refractivity contribution is -0.139. The first-order valence-electron chi connectivity index (χ1n) is 11.9.